The van der Waals surface area contributed by atoms with Gasteiger partial charge in [0.15, 0.2) is 0 Å². The van der Waals surface area contributed by atoms with Gasteiger partial charge in [0.1, 0.15) is 4.21 Å². The largest absolute Gasteiger partial charge is 0.396 e. The normalized spacial score (nSPS) is 22.6. The van der Waals surface area contributed by atoms with Crippen molar-refractivity contribution in [2.75, 3.05) is 6.61 Å². The number of aliphatic hydroxyl groups excluding tert-OH is 1. The Morgan fingerprint density at radius 2 is 2.18 bits per heavy atom. The van der Waals surface area contributed by atoms with Gasteiger partial charge < -0.3 is 5.11 Å². The first-order valence-electron chi connectivity index (χ1n) is 5.57. The molecule has 0 amide bonds. The average Bonchev–Trinajstić information content (AvgIpc) is 2.66. The Morgan fingerprint density at radius 1 is 1.53 bits per heavy atom. The van der Waals surface area contributed by atoms with Crippen LogP contribution in [0.4, 0.5) is 0 Å². The molecule has 2 rings (SSSR count). The third-order valence-corrected chi connectivity index (χ3v) is 6.18. The van der Waals surface area contributed by atoms with E-state index in [2.05, 4.69) is 4.72 Å². The minimum atomic E-state index is -3.38. The molecule has 17 heavy (non-hydrogen) atoms. The van der Waals surface area contributed by atoms with E-state index < -0.39 is 10.0 Å². The van der Waals surface area contributed by atoms with E-state index in [1.54, 1.807) is 12.1 Å². The Labute approximate surface area is 106 Å². The van der Waals surface area contributed by atoms with E-state index in [4.69, 9.17) is 5.11 Å². The molecular formula is C11H17NO3S2. The third-order valence-electron chi connectivity index (χ3n) is 3.07. The fourth-order valence-electron chi connectivity index (χ4n) is 1.66. The van der Waals surface area contributed by atoms with E-state index in [1.807, 2.05) is 13.8 Å². The SMILES string of the molecule is CC1(C)CC1NS(=O)(=O)c1ccc(CCO)s1. The van der Waals surface area contributed by atoms with E-state index in [0.29, 0.717) is 10.6 Å². The highest BCUT2D eigenvalue weighted by atomic mass is 32.2. The Hall–Kier alpha value is -0.430. The van der Waals surface area contributed by atoms with Crippen molar-refractivity contribution in [1.29, 1.82) is 0 Å². The van der Waals surface area contributed by atoms with Crippen LogP contribution in [0.5, 0.6) is 0 Å². The zero-order valence-electron chi connectivity index (χ0n) is 9.93. The highest BCUT2D eigenvalue weighted by Gasteiger charge is 2.48. The van der Waals surface area contributed by atoms with Gasteiger partial charge >= 0.3 is 0 Å². The summed E-state index contributed by atoms with van der Waals surface area (Å²) in [6.45, 7) is 4.14. The van der Waals surface area contributed by atoms with Gasteiger partial charge in [0.2, 0.25) is 10.0 Å². The predicted molar refractivity (Wildman–Crippen MR) is 67.6 cm³/mol. The maximum atomic E-state index is 12.0. The van der Waals surface area contributed by atoms with Crippen LogP contribution in [0, 0.1) is 5.41 Å². The molecule has 1 aliphatic rings. The standard InChI is InChI=1S/C11H17NO3S2/c1-11(2)7-9(11)12-17(14,15)10-4-3-8(16-10)5-6-13/h3-4,9,12-13H,5-7H2,1-2H3. The van der Waals surface area contributed by atoms with E-state index >= 15 is 0 Å². The van der Waals surface area contributed by atoms with Crippen LogP contribution in [0.3, 0.4) is 0 Å². The Kier molecular flexibility index (Phi) is 3.33. The zero-order chi connectivity index (χ0) is 12.7. The molecule has 2 N–H and O–H groups in total. The second-order valence-electron chi connectivity index (χ2n) is 5.06. The van der Waals surface area contributed by atoms with Crippen LogP contribution >= 0.6 is 11.3 Å². The summed E-state index contributed by atoms with van der Waals surface area (Å²) in [5, 5.41) is 8.80. The molecule has 0 radical (unpaired) electrons. The summed E-state index contributed by atoms with van der Waals surface area (Å²) in [5.74, 6) is 0. The molecule has 4 nitrogen and oxygen atoms in total. The van der Waals surface area contributed by atoms with Crippen LogP contribution in [0.1, 0.15) is 25.1 Å². The highest BCUT2D eigenvalue weighted by molar-refractivity contribution is 7.91. The summed E-state index contributed by atoms with van der Waals surface area (Å²) < 4.78 is 27.1. The zero-order valence-corrected chi connectivity index (χ0v) is 11.6. The summed E-state index contributed by atoms with van der Waals surface area (Å²) in [5.41, 5.74) is 0.0816. The lowest BCUT2D eigenvalue weighted by Gasteiger charge is -2.05. The van der Waals surface area contributed by atoms with Gasteiger partial charge in [0.25, 0.3) is 0 Å². The second kappa shape index (κ2) is 4.35. The van der Waals surface area contributed by atoms with Crippen molar-refractivity contribution in [3.05, 3.63) is 17.0 Å². The first-order chi connectivity index (χ1) is 7.85. The number of thiophene rings is 1. The fraction of sp³-hybridized carbons (Fsp3) is 0.636. The lowest BCUT2D eigenvalue weighted by Crippen LogP contribution is -2.27. The molecule has 1 unspecified atom stereocenters. The maximum Gasteiger partial charge on any atom is 0.250 e. The third kappa shape index (κ3) is 2.88. The van der Waals surface area contributed by atoms with E-state index in [-0.39, 0.29) is 18.1 Å². The van der Waals surface area contributed by atoms with Crippen molar-refractivity contribution in [3.8, 4) is 0 Å². The highest BCUT2D eigenvalue weighted by Crippen LogP contribution is 2.45. The molecule has 0 spiro atoms. The number of aliphatic hydroxyl groups is 1. The molecular weight excluding hydrogens is 258 g/mol. The first kappa shape index (κ1) is 13.0. The summed E-state index contributed by atoms with van der Waals surface area (Å²) in [4.78, 5) is 0.892. The quantitative estimate of drug-likeness (QED) is 0.852. The van der Waals surface area contributed by atoms with Gasteiger partial charge in [-0.1, -0.05) is 13.8 Å². The fourth-order valence-corrected chi connectivity index (χ4v) is 4.43. The molecule has 0 aromatic carbocycles. The maximum absolute atomic E-state index is 12.0. The minimum Gasteiger partial charge on any atom is -0.396 e. The predicted octanol–water partition coefficient (Wildman–Crippen LogP) is 1.36. The van der Waals surface area contributed by atoms with Crippen molar-refractivity contribution in [2.24, 2.45) is 5.41 Å². The number of sulfonamides is 1. The van der Waals surface area contributed by atoms with Crippen LogP contribution < -0.4 is 4.72 Å². The molecule has 1 aromatic rings. The van der Waals surface area contributed by atoms with Crippen molar-refractivity contribution in [2.45, 2.75) is 36.9 Å². The molecule has 1 fully saturated rings. The summed E-state index contributed by atoms with van der Waals surface area (Å²) >= 11 is 1.22. The van der Waals surface area contributed by atoms with Gasteiger partial charge in [-0.15, -0.1) is 11.3 Å². The molecule has 1 heterocycles. The Balaban J connectivity index is 2.09. The van der Waals surface area contributed by atoms with Gasteiger partial charge in [-0.25, -0.2) is 13.1 Å². The molecule has 1 atom stereocenters. The Bertz CT molecular complexity index is 505. The lowest BCUT2D eigenvalue weighted by atomic mass is 10.2. The molecule has 6 heteroatoms. The molecule has 1 aliphatic carbocycles. The van der Waals surface area contributed by atoms with Crippen LogP contribution in [0.15, 0.2) is 16.3 Å². The van der Waals surface area contributed by atoms with Gasteiger partial charge in [0.05, 0.1) is 0 Å². The number of nitrogens with one attached hydrogen (secondary N) is 1. The number of hydrogen-bond donors (Lipinski definition) is 2. The second-order valence-corrected chi connectivity index (χ2v) is 8.17. The summed E-state index contributed by atoms with van der Waals surface area (Å²) in [6.07, 6.45) is 1.40. The average molecular weight is 275 g/mol. The Morgan fingerprint density at radius 3 is 2.71 bits per heavy atom. The van der Waals surface area contributed by atoms with Crippen LogP contribution in [0.2, 0.25) is 0 Å². The molecule has 0 bridgehead atoms. The molecule has 96 valence electrons. The van der Waals surface area contributed by atoms with Gasteiger partial charge in [-0.2, -0.15) is 0 Å². The number of hydrogen-bond acceptors (Lipinski definition) is 4. The van der Waals surface area contributed by atoms with Crippen LogP contribution in [0.25, 0.3) is 0 Å². The van der Waals surface area contributed by atoms with E-state index in [1.165, 1.54) is 11.3 Å². The van der Waals surface area contributed by atoms with Crippen LogP contribution in [-0.4, -0.2) is 26.2 Å². The smallest absolute Gasteiger partial charge is 0.250 e. The molecule has 0 saturated heterocycles. The monoisotopic (exact) mass is 275 g/mol. The first-order valence-corrected chi connectivity index (χ1v) is 7.87. The van der Waals surface area contributed by atoms with Crippen molar-refractivity contribution in [1.82, 2.24) is 4.72 Å². The molecule has 0 aliphatic heterocycles. The van der Waals surface area contributed by atoms with Crippen molar-refractivity contribution >= 4 is 21.4 Å². The topological polar surface area (TPSA) is 66.4 Å². The summed E-state index contributed by atoms with van der Waals surface area (Å²) in [6, 6.07) is 3.41. The van der Waals surface area contributed by atoms with Crippen molar-refractivity contribution < 1.29 is 13.5 Å². The summed E-state index contributed by atoms with van der Waals surface area (Å²) in [7, 11) is -3.38. The van der Waals surface area contributed by atoms with Gasteiger partial charge in [0, 0.05) is 23.9 Å². The van der Waals surface area contributed by atoms with Crippen LogP contribution in [-0.2, 0) is 16.4 Å². The lowest BCUT2D eigenvalue weighted by molar-refractivity contribution is 0.300. The van der Waals surface area contributed by atoms with E-state index in [0.717, 1.165) is 11.3 Å². The van der Waals surface area contributed by atoms with Gasteiger partial charge in [-0.05, 0) is 24.0 Å². The van der Waals surface area contributed by atoms with Gasteiger partial charge in [-0.3, -0.25) is 0 Å². The molecule has 1 saturated carbocycles. The van der Waals surface area contributed by atoms with Crippen molar-refractivity contribution in [3.63, 3.8) is 0 Å². The van der Waals surface area contributed by atoms with E-state index in [9.17, 15) is 8.42 Å². The number of rotatable bonds is 5. The minimum absolute atomic E-state index is 0.0447. The molecule has 1 aromatic heterocycles.